The van der Waals surface area contributed by atoms with Gasteiger partial charge >= 0.3 is 11.9 Å². The number of nitrogens with zero attached hydrogens (tertiary/aromatic N) is 2. The van der Waals surface area contributed by atoms with Crippen molar-refractivity contribution in [2.75, 3.05) is 0 Å². The molecule has 1 aromatic rings. The first-order chi connectivity index (χ1) is 7.26. The molecular formula is C8H9F3N2O3. The molecule has 1 heterocycles. The summed E-state index contributed by atoms with van der Waals surface area (Å²) in [4.78, 5) is 22.5. The fourth-order valence-corrected chi connectivity index (χ4v) is 1.22. The maximum Gasteiger partial charge on any atom is 0.406 e. The van der Waals surface area contributed by atoms with E-state index in [-0.39, 0.29) is 11.1 Å². The van der Waals surface area contributed by atoms with Crippen molar-refractivity contribution in [2.24, 2.45) is 0 Å². The van der Waals surface area contributed by atoms with Gasteiger partial charge < -0.3 is 5.11 Å². The summed E-state index contributed by atoms with van der Waals surface area (Å²) in [6.45, 7) is -0.245. The van der Waals surface area contributed by atoms with Gasteiger partial charge in [0.1, 0.15) is 6.54 Å². The van der Waals surface area contributed by atoms with E-state index in [1.807, 2.05) is 0 Å². The van der Waals surface area contributed by atoms with Crippen molar-refractivity contribution in [1.29, 1.82) is 0 Å². The van der Waals surface area contributed by atoms with E-state index in [2.05, 4.69) is 0 Å². The molecule has 0 fully saturated rings. The van der Waals surface area contributed by atoms with Crippen molar-refractivity contribution in [2.45, 2.75) is 26.2 Å². The van der Waals surface area contributed by atoms with E-state index in [1.54, 1.807) is 0 Å². The highest BCUT2D eigenvalue weighted by molar-refractivity contribution is 5.07. The second kappa shape index (κ2) is 4.03. The van der Waals surface area contributed by atoms with Crippen LogP contribution in [0.2, 0.25) is 0 Å². The molecular weight excluding hydrogens is 229 g/mol. The summed E-state index contributed by atoms with van der Waals surface area (Å²) >= 11 is 0. The van der Waals surface area contributed by atoms with Gasteiger partial charge in [-0.25, -0.2) is 4.79 Å². The van der Waals surface area contributed by atoms with Crippen LogP contribution in [0.3, 0.4) is 0 Å². The summed E-state index contributed by atoms with van der Waals surface area (Å²) in [6, 6.07) is 0.580. The molecule has 0 amide bonds. The average Bonchev–Trinajstić information content (AvgIpc) is 2.11. The van der Waals surface area contributed by atoms with Gasteiger partial charge in [-0.3, -0.25) is 13.9 Å². The minimum Gasteiger partial charge on any atom is -0.494 e. The number of alkyl halides is 3. The zero-order chi connectivity index (χ0) is 12.5. The van der Waals surface area contributed by atoms with Crippen molar-refractivity contribution in [1.82, 2.24) is 9.13 Å². The predicted octanol–water partition coefficient (Wildman–Crippen LogP) is 0.298. The minimum atomic E-state index is -4.64. The van der Waals surface area contributed by atoms with Gasteiger partial charge in [0.05, 0.1) is 6.07 Å². The smallest absolute Gasteiger partial charge is 0.406 e. The number of rotatable bonds is 2. The first kappa shape index (κ1) is 12.3. The van der Waals surface area contributed by atoms with Crippen molar-refractivity contribution in [3.05, 3.63) is 26.9 Å². The molecule has 90 valence electrons. The zero-order valence-electron chi connectivity index (χ0n) is 8.28. The molecule has 1 rings (SSSR count). The molecule has 0 unspecified atom stereocenters. The van der Waals surface area contributed by atoms with Crippen molar-refractivity contribution >= 4 is 0 Å². The number of hydrogen-bond donors (Lipinski definition) is 1. The quantitative estimate of drug-likeness (QED) is 0.805. The second-order valence-electron chi connectivity index (χ2n) is 3.07. The molecule has 0 saturated carbocycles. The van der Waals surface area contributed by atoms with Gasteiger partial charge in [0.2, 0.25) is 5.88 Å². The highest BCUT2D eigenvalue weighted by atomic mass is 19.4. The van der Waals surface area contributed by atoms with E-state index in [9.17, 15) is 22.8 Å². The third-order valence-corrected chi connectivity index (χ3v) is 1.91. The predicted molar refractivity (Wildman–Crippen MR) is 48.4 cm³/mol. The van der Waals surface area contributed by atoms with Crippen LogP contribution >= 0.6 is 0 Å². The van der Waals surface area contributed by atoms with Crippen molar-refractivity contribution < 1.29 is 18.3 Å². The lowest BCUT2D eigenvalue weighted by Gasteiger charge is -2.12. The summed E-state index contributed by atoms with van der Waals surface area (Å²) in [5, 5.41) is 9.11. The highest BCUT2D eigenvalue weighted by Gasteiger charge is 2.30. The number of aromatic hydroxyl groups is 1. The Hall–Kier alpha value is -1.73. The number of halogens is 3. The van der Waals surface area contributed by atoms with Crippen LogP contribution in [0.25, 0.3) is 0 Å². The molecule has 5 nitrogen and oxygen atoms in total. The van der Waals surface area contributed by atoms with Gasteiger partial charge in [-0.1, -0.05) is 0 Å². The van der Waals surface area contributed by atoms with Crippen molar-refractivity contribution in [3.8, 4) is 5.88 Å². The maximum atomic E-state index is 12.1. The van der Waals surface area contributed by atoms with Gasteiger partial charge in [-0.05, 0) is 6.92 Å². The first-order valence-electron chi connectivity index (χ1n) is 4.36. The first-order valence-corrected chi connectivity index (χ1v) is 4.36. The van der Waals surface area contributed by atoms with Gasteiger partial charge in [-0.2, -0.15) is 13.2 Å². The number of aromatic nitrogens is 2. The van der Waals surface area contributed by atoms with E-state index in [4.69, 9.17) is 5.11 Å². The Morgan fingerprint density at radius 1 is 1.31 bits per heavy atom. The van der Waals surface area contributed by atoms with Crippen LogP contribution in [-0.4, -0.2) is 20.4 Å². The lowest BCUT2D eigenvalue weighted by Crippen LogP contribution is -2.40. The Bertz CT molecular complexity index is 501. The Balaban J connectivity index is 3.41. The number of hydrogen-bond acceptors (Lipinski definition) is 3. The summed E-state index contributed by atoms with van der Waals surface area (Å²) < 4.78 is 36.9. The van der Waals surface area contributed by atoms with Crippen LogP contribution in [0.1, 0.15) is 6.92 Å². The van der Waals surface area contributed by atoms with Crippen molar-refractivity contribution in [3.63, 3.8) is 0 Å². The van der Waals surface area contributed by atoms with E-state index >= 15 is 0 Å². The minimum absolute atomic E-state index is 0.0597. The molecule has 0 aliphatic carbocycles. The molecule has 8 heteroatoms. The van der Waals surface area contributed by atoms with Crippen LogP contribution in [0.5, 0.6) is 5.88 Å². The van der Waals surface area contributed by atoms with Crippen LogP contribution in [0.15, 0.2) is 15.7 Å². The Kier molecular flexibility index (Phi) is 3.11. The lowest BCUT2D eigenvalue weighted by atomic mass is 10.5. The standard InChI is InChI=1S/C8H9F3N2O3/c1-2-12-5(14)3-6(15)13(7(12)16)4-8(9,10)11/h3,15H,2,4H2,1H3. The Morgan fingerprint density at radius 3 is 2.31 bits per heavy atom. The molecule has 0 radical (unpaired) electrons. The van der Waals surface area contributed by atoms with Gasteiger partial charge in [0.15, 0.2) is 0 Å². The lowest BCUT2D eigenvalue weighted by molar-refractivity contribution is -0.142. The monoisotopic (exact) mass is 238 g/mol. The van der Waals surface area contributed by atoms with Gasteiger partial charge in [-0.15, -0.1) is 0 Å². The fourth-order valence-electron chi connectivity index (χ4n) is 1.22. The highest BCUT2D eigenvalue weighted by Crippen LogP contribution is 2.18. The van der Waals surface area contributed by atoms with Crippen LogP contribution in [-0.2, 0) is 13.1 Å². The zero-order valence-corrected chi connectivity index (χ0v) is 8.28. The molecule has 1 N–H and O–H groups in total. The third-order valence-electron chi connectivity index (χ3n) is 1.91. The molecule has 1 aromatic heterocycles. The molecule has 0 atom stereocenters. The molecule has 0 aliphatic rings. The molecule has 0 aliphatic heterocycles. The normalized spacial score (nSPS) is 11.8. The van der Waals surface area contributed by atoms with Crippen LogP contribution in [0.4, 0.5) is 13.2 Å². The van der Waals surface area contributed by atoms with Gasteiger partial charge in [0, 0.05) is 6.54 Å². The van der Waals surface area contributed by atoms with Crippen LogP contribution < -0.4 is 11.2 Å². The summed E-state index contributed by atoms with van der Waals surface area (Å²) in [5.41, 5.74) is -2.01. The Morgan fingerprint density at radius 2 is 1.88 bits per heavy atom. The maximum absolute atomic E-state index is 12.1. The van der Waals surface area contributed by atoms with E-state index < -0.39 is 29.9 Å². The molecule has 0 saturated heterocycles. The summed E-state index contributed by atoms with van der Waals surface area (Å²) in [5.74, 6) is -0.989. The molecule has 0 bridgehead atoms. The SMILES string of the molecule is CCn1c(=O)cc(O)n(CC(F)(F)F)c1=O. The topological polar surface area (TPSA) is 64.2 Å². The van der Waals surface area contributed by atoms with E-state index in [0.29, 0.717) is 10.6 Å². The summed E-state index contributed by atoms with van der Waals surface area (Å²) in [7, 11) is 0. The molecule has 0 aromatic carbocycles. The molecule has 0 spiro atoms. The van der Waals surface area contributed by atoms with Gasteiger partial charge in [0.25, 0.3) is 5.56 Å². The second-order valence-corrected chi connectivity index (χ2v) is 3.07. The largest absolute Gasteiger partial charge is 0.494 e. The van der Waals surface area contributed by atoms with E-state index in [1.165, 1.54) is 6.92 Å². The van der Waals surface area contributed by atoms with Crippen LogP contribution in [0, 0.1) is 0 Å². The Labute approximate surface area is 87.4 Å². The average molecular weight is 238 g/mol. The molecule has 16 heavy (non-hydrogen) atoms. The summed E-state index contributed by atoms with van der Waals surface area (Å²) in [6.07, 6.45) is -4.64. The van der Waals surface area contributed by atoms with E-state index in [0.717, 1.165) is 0 Å². The third kappa shape index (κ3) is 2.44. The fraction of sp³-hybridized carbons (Fsp3) is 0.500.